The summed E-state index contributed by atoms with van der Waals surface area (Å²) in [6.45, 7) is 23.4. The van der Waals surface area contributed by atoms with Crippen molar-refractivity contribution in [1.29, 1.82) is 0 Å². The number of hydrogen-bond acceptors (Lipinski definition) is 3. The number of hydrogen-bond donors (Lipinski definition) is 1. The van der Waals surface area contributed by atoms with Crippen LogP contribution in [0.2, 0.25) is 0 Å². The van der Waals surface area contributed by atoms with Gasteiger partial charge in [-0.05, 0) is 83.9 Å². The van der Waals surface area contributed by atoms with Gasteiger partial charge in [0.15, 0.2) is 5.78 Å². The zero-order valence-corrected chi connectivity index (χ0v) is 33.7. The van der Waals surface area contributed by atoms with E-state index in [1.165, 1.54) is 65.6 Å². The molecule has 0 aliphatic heterocycles. The maximum absolute atomic E-state index is 12.2. The van der Waals surface area contributed by atoms with E-state index >= 15 is 0 Å². The third-order valence-corrected chi connectivity index (χ3v) is 11.4. The molecule has 2 aromatic carbocycles. The van der Waals surface area contributed by atoms with E-state index in [-0.39, 0.29) is 47.9 Å². The Morgan fingerprint density at radius 3 is 2.06 bits per heavy atom. The molecule has 1 unspecified atom stereocenters. The molecule has 47 heavy (non-hydrogen) atoms. The molecule has 4 heteroatoms. The molecule has 1 atom stereocenters. The molecule has 1 heterocycles. The van der Waals surface area contributed by atoms with Crippen LogP contribution >= 0.6 is 0 Å². The number of ketones is 1. The summed E-state index contributed by atoms with van der Waals surface area (Å²) in [4.78, 5) is 17.0. The Morgan fingerprint density at radius 2 is 1.51 bits per heavy atom. The number of aromatic nitrogens is 1. The average molecular weight is 817 g/mol. The third kappa shape index (κ3) is 10.1. The van der Waals surface area contributed by atoms with Crippen LogP contribution in [0.4, 0.5) is 0 Å². The van der Waals surface area contributed by atoms with Crippen LogP contribution in [0.1, 0.15) is 150 Å². The largest absolute Gasteiger partial charge is 0.512 e. The van der Waals surface area contributed by atoms with Gasteiger partial charge < -0.3 is 10.1 Å². The van der Waals surface area contributed by atoms with Crippen molar-refractivity contribution in [3.8, 4) is 11.3 Å². The first-order valence-corrected chi connectivity index (χ1v) is 18.0. The summed E-state index contributed by atoms with van der Waals surface area (Å²) < 4.78 is 0. The maximum Gasteiger partial charge on any atom is 0.164 e. The number of allylic oxidation sites excluding steroid dienone is 2. The summed E-state index contributed by atoms with van der Waals surface area (Å²) in [6, 6.07) is 17.3. The van der Waals surface area contributed by atoms with Crippen LogP contribution in [0.5, 0.6) is 0 Å². The summed E-state index contributed by atoms with van der Waals surface area (Å²) in [5.74, 6) is 1.75. The minimum absolute atomic E-state index is 0. The van der Waals surface area contributed by atoms with Crippen molar-refractivity contribution in [2.24, 2.45) is 16.7 Å². The second-order valence-electron chi connectivity index (χ2n) is 15.5. The van der Waals surface area contributed by atoms with Crippen molar-refractivity contribution in [1.82, 2.24) is 4.98 Å². The van der Waals surface area contributed by atoms with E-state index in [1.54, 1.807) is 0 Å². The predicted octanol–water partition coefficient (Wildman–Crippen LogP) is 12.6. The van der Waals surface area contributed by atoms with E-state index < -0.39 is 0 Å². The van der Waals surface area contributed by atoms with Crippen LogP contribution in [-0.2, 0) is 30.3 Å². The number of aryl methyl sites for hydroxylation is 1. The van der Waals surface area contributed by atoms with E-state index in [4.69, 9.17) is 4.98 Å². The molecule has 1 aliphatic rings. The summed E-state index contributed by atoms with van der Waals surface area (Å²) in [7, 11) is 0. The first kappa shape index (κ1) is 40.9. The first-order valence-electron chi connectivity index (χ1n) is 18.0. The van der Waals surface area contributed by atoms with Crippen LogP contribution < -0.4 is 0 Å². The SMILES string of the molecule is CCC(C)(CC)C(=O)/C=C(\O)C(C)(CC)CC.Cc1[c-]c(-c2nccc3cc(C(C)C4CCCCC4)ccc23)cc(C(C)(C)C)c1.[Ir]. The van der Waals surface area contributed by atoms with Crippen molar-refractivity contribution in [2.75, 3.05) is 0 Å². The van der Waals surface area contributed by atoms with Crippen molar-refractivity contribution in [3.63, 3.8) is 0 Å². The number of pyridine rings is 1. The third-order valence-electron chi connectivity index (χ3n) is 11.4. The second-order valence-corrected chi connectivity index (χ2v) is 15.5. The zero-order valence-electron chi connectivity index (χ0n) is 31.3. The molecule has 0 amide bonds. The van der Waals surface area contributed by atoms with Crippen molar-refractivity contribution >= 4 is 16.6 Å². The van der Waals surface area contributed by atoms with Crippen LogP contribution in [0.25, 0.3) is 22.0 Å². The van der Waals surface area contributed by atoms with Gasteiger partial charge >= 0.3 is 0 Å². The van der Waals surface area contributed by atoms with Gasteiger partial charge in [0.25, 0.3) is 0 Å². The van der Waals surface area contributed by atoms with Gasteiger partial charge in [-0.25, -0.2) is 0 Å². The summed E-state index contributed by atoms with van der Waals surface area (Å²) >= 11 is 0. The molecule has 3 aromatic rings. The van der Waals surface area contributed by atoms with E-state index in [9.17, 15) is 9.90 Å². The van der Waals surface area contributed by atoms with Gasteiger partial charge in [0.1, 0.15) is 5.76 Å². The molecule has 1 saturated carbocycles. The van der Waals surface area contributed by atoms with Crippen LogP contribution in [0.3, 0.4) is 0 Å². The molecule has 4 rings (SSSR count). The summed E-state index contributed by atoms with van der Waals surface area (Å²) in [5, 5.41) is 12.7. The number of fused-ring (bicyclic) bond motifs is 1. The summed E-state index contributed by atoms with van der Waals surface area (Å²) in [6.07, 6.45) is 13.7. The number of aliphatic hydroxyl groups is 1. The average Bonchev–Trinajstić information content (AvgIpc) is 3.06. The molecular weight excluding hydrogens is 755 g/mol. The molecule has 3 nitrogen and oxygen atoms in total. The van der Waals surface area contributed by atoms with Crippen LogP contribution in [0.15, 0.2) is 54.4 Å². The second kappa shape index (κ2) is 17.4. The van der Waals surface area contributed by atoms with Gasteiger partial charge in [-0.2, -0.15) is 0 Å². The fraction of sp³-hybridized carbons (Fsp3) is 0.581. The normalized spacial score (nSPS) is 15.4. The monoisotopic (exact) mass is 817 g/mol. The van der Waals surface area contributed by atoms with Gasteiger partial charge in [0.05, 0.1) is 0 Å². The minimum Gasteiger partial charge on any atom is -0.512 e. The maximum atomic E-state index is 12.2. The molecule has 1 aliphatic carbocycles. The topological polar surface area (TPSA) is 50.2 Å². The first-order chi connectivity index (χ1) is 21.6. The molecule has 1 fully saturated rings. The number of aliphatic hydroxyl groups excluding tert-OH is 1. The van der Waals surface area contributed by atoms with E-state index in [0.717, 1.165) is 42.9 Å². The molecule has 0 saturated heterocycles. The van der Waals surface area contributed by atoms with Gasteiger partial charge in [-0.1, -0.05) is 114 Å². The zero-order chi connectivity index (χ0) is 34.3. The molecule has 261 valence electrons. The van der Waals surface area contributed by atoms with Gasteiger partial charge in [-0.3, -0.25) is 4.79 Å². The quantitative estimate of drug-likeness (QED) is 0.126. The standard InChI is InChI=1S/C28H34N.C15H28O2.Ir/c1-19-15-24(18-25(16-19)28(3,4)5)27-26-12-11-22(17-23(26)13-14-29-27)20(2)21-9-7-6-8-10-21;1-7-14(5,8-2)12(16)11-13(17)15(6,9-3)10-4;/h11-14,16-18,20-21H,6-10H2,1-5H3;11,16H,7-10H2,1-6H3;/q-1;;/b;12-11-;. The molecule has 1 N–H and O–H groups in total. The smallest absolute Gasteiger partial charge is 0.164 e. The van der Waals surface area contributed by atoms with E-state index in [2.05, 4.69) is 77.1 Å². The van der Waals surface area contributed by atoms with E-state index in [1.807, 2.05) is 47.7 Å². The van der Waals surface area contributed by atoms with Crippen LogP contribution in [-0.4, -0.2) is 15.9 Å². The number of carbonyl (C=O) groups excluding carboxylic acids is 1. The molecule has 1 aromatic heterocycles. The number of nitrogens with zero attached hydrogens (tertiary/aromatic N) is 1. The Balaban J connectivity index is 0.000000370. The number of rotatable bonds is 10. The Kier molecular flexibility index (Phi) is 15.1. The number of benzene rings is 2. The molecule has 0 spiro atoms. The number of carbonyl (C=O) groups is 1. The fourth-order valence-corrected chi connectivity index (χ4v) is 6.56. The molecule has 1 radical (unpaired) electrons. The fourth-order valence-electron chi connectivity index (χ4n) is 6.56. The van der Waals surface area contributed by atoms with Gasteiger partial charge in [0, 0.05) is 43.2 Å². The van der Waals surface area contributed by atoms with Gasteiger partial charge in [-0.15, -0.1) is 34.9 Å². The van der Waals surface area contributed by atoms with Crippen LogP contribution in [0, 0.1) is 29.7 Å². The predicted molar refractivity (Wildman–Crippen MR) is 198 cm³/mol. The molecule has 0 bridgehead atoms. The van der Waals surface area contributed by atoms with Crippen molar-refractivity contribution in [3.05, 3.63) is 77.2 Å². The van der Waals surface area contributed by atoms with Crippen molar-refractivity contribution < 1.29 is 30.0 Å². The Labute approximate surface area is 300 Å². The van der Waals surface area contributed by atoms with Gasteiger partial charge in [0.2, 0.25) is 0 Å². The van der Waals surface area contributed by atoms with E-state index in [0.29, 0.717) is 5.92 Å². The minimum atomic E-state index is -0.337. The summed E-state index contributed by atoms with van der Waals surface area (Å²) in [5.41, 5.74) is 5.65. The molecular formula is C43H62IrNO2-. The van der Waals surface area contributed by atoms with Crippen molar-refractivity contribution in [2.45, 2.75) is 145 Å². The Bertz CT molecular complexity index is 1480. The Hall–Kier alpha value is -2.29. The Morgan fingerprint density at radius 1 is 0.915 bits per heavy atom.